The molecule has 2 aromatic heterocycles. The zero-order valence-corrected chi connectivity index (χ0v) is 11.4. The lowest BCUT2D eigenvalue weighted by atomic mass is 10.0. The van der Waals surface area contributed by atoms with Crippen molar-refractivity contribution in [2.75, 3.05) is 13.2 Å². The topological polar surface area (TPSA) is 66.6 Å². The number of imidazole rings is 1. The Hall–Kier alpha value is -1.88. The van der Waals surface area contributed by atoms with Crippen LogP contribution in [-0.2, 0) is 11.2 Å². The molecule has 106 valence electrons. The van der Waals surface area contributed by atoms with Gasteiger partial charge in [0.05, 0.1) is 12.1 Å². The number of aliphatic hydroxyl groups excluding tert-OH is 1. The molecule has 2 heterocycles. The molecule has 0 saturated heterocycles. The molecule has 0 aromatic carbocycles. The van der Waals surface area contributed by atoms with Crippen molar-refractivity contribution in [3.8, 4) is 0 Å². The van der Waals surface area contributed by atoms with Crippen LogP contribution >= 0.6 is 0 Å². The highest BCUT2D eigenvalue weighted by Crippen LogP contribution is 2.47. The van der Waals surface area contributed by atoms with Crippen LogP contribution in [0.2, 0.25) is 0 Å². The number of rotatable bonds is 6. The summed E-state index contributed by atoms with van der Waals surface area (Å²) in [6.07, 6.45) is 7.09. The second-order valence-electron chi connectivity index (χ2n) is 5.63. The number of hydrogen-bond acceptors (Lipinski definition) is 3. The van der Waals surface area contributed by atoms with Crippen molar-refractivity contribution in [3.05, 3.63) is 36.3 Å². The summed E-state index contributed by atoms with van der Waals surface area (Å²) in [5.74, 6) is -0.00220. The molecule has 5 nitrogen and oxygen atoms in total. The fourth-order valence-electron chi connectivity index (χ4n) is 2.51. The minimum Gasteiger partial charge on any atom is -0.396 e. The van der Waals surface area contributed by atoms with Crippen LogP contribution in [0.3, 0.4) is 0 Å². The van der Waals surface area contributed by atoms with Gasteiger partial charge in [0, 0.05) is 25.5 Å². The molecule has 0 bridgehead atoms. The summed E-state index contributed by atoms with van der Waals surface area (Å²) < 4.78 is 1.91. The van der Waals surface area contributed by atoms with E-state index in [0.29, 0.717) is 13.0 Å². The Bertz CT molecular complexity index is 583. The zero-order valence-electron chi connectivity index (χ0n) is 11.4. The maximum atomic E-state index is 11.9. The number of nitrogens with zero attached hydrogens (tertiary/aromatic N) is 2. The summed E-state index contributed by atoms with van der Waals surface area (Å²) in [6.45, 7) is 0.863. The maximum Gasteiger partial charge on any atom is 0.226 e. The highest BCUT2D eigenvalue weighted by atomic mass is 16.3. The molecule has 0 radical (unpaired) electrons. The summed E-state index contributed by atoms with van der Waals surface area (Å²) in [5, 5.41) is 12.0. The van der Waals surface area contributed by atoms with Crippen LogP contribution < -0.4 is 5.32 Å². The predicted octanol–water partition coefficient (Wildman–Crippen LogP) is 1.16. The Balaban J connectivity index is 1.56. The number of hydrogen-bond donors (Lipinski definition) is 2. The number of carbonyl (C=O) groups excluding carboxylic acids is 1. The van der Waals surface area contributed by atoms with Gasteiger partial charge in [0.25, 0.3) is 0 Å². The predicted molar refractivity (Wildman–Crippen MR) is 75.3 cm³/mol. The van der Waals surface area contributed by atoms with Gasteiger partial charge in [-0.05, 0) is 36.8 Å². The third-order valence-corrected chi connectivity index (χ3v) is 4.02. The summed E-state index contributed by atoms with van der Waals surface area (Å²) in [5.41, 5.74) is 1.79. The second kappa shape index (κ2) is 5.25. The SMILES string of the molecule is O=C(Cc1cn2ccccc2n1)NCC1(CCO)CC1. The second-order valence-corrected chi connectivity index (χ2v) is 5.63. The van der Waals surface area contributed by atoms with Crippen molar-refractivity contribution in [2.45, 2.75) is 25.7 Å². The molecular weight excluding hydrogens is 254 g/mol. The summed E-state index contributed by atoms with van der Waals surface area (Å²) in [4.78, 5) is 16.4. The Kier molecular flexibility index (Phi) is 3.44. The van der Waals surface area contributed by atoms with E-state index in [1.807, 2.05) is 35.0 Å². The molecule has 0 aliphatic heterocycles. The molecule has 1 saturated carbocycles. The number of carbonyl (C=O) groups is 1. The van der Waals surface area contributed by atoms with Crippen LogP contribution in [0.4, 0.5) is 0 Å². The van der Waals surface area contributed by atoms with Crippen LogP contribution in [0, 0.1) is 5.41 Å². The smallest absolute Gasteiger partial charge is 0.226 e. The Labute approximate surface area is 117 Å². The van der Waals surface area contributed by atoms with Gasteiger partial charge in [-0.3, -0.25) is 4.79 Å². The van der Waals surface area contributed by atoms with Gasteiger partial charge in [-0.25, -0.2) is 4.98 Å². The van der Waals surface area contributed by atoms with Crippen LogP contribution in [0.1, 0.15) is 25.0 Å². The highest BCUT2D eigenvalue weighted by molar-refractivity contribution is 5.78. The van der Waals surface area contributed by atoms with Crippen molar-refractivity contribution >= 4 is 11.6 Å². The number of pyridine rings is 1. The van der Waals surface area contributed by atoms with Crippen molar-refractivity contribution in [2.24, 2.45) is 5.41 Å². The number of aliphatic hydroxyl groups is 1. The molecule has 0 unspecified atom stereocenters. The molecule has 0 spiro atoms. The average molecular weight is 273 g/mol. The number of amides is 1. The van der Waals surface area contributed by atoms with Crippen molar-refractivity contribution < 1.29 is 9.90 Å². The maximum absolute atomic E-state index is 11.9. The molecular formula is C15H19N3O2. The van der Waals surface area contributed by atoms with Gasteiger partial charge in [0.2, 0.25) is 5.91 Å². The largest absolute Gasteiger partial charge is 0.396 e. The zero-order chi connectivity index (χ0) is 14.0. The minimum atomic E-state index is -0.00220. The fraction of sp³-hybridized carbons (Fsp3) is 0.467. The third-order valence-electron chi connectivity index (χ3n) is 4.02. The lowest BCUT2D eigenvalue weighted by Crippen LogP contribution is -2.31. The third kappa shape index (κ3) is 2.82. The van der Waals surface area contributed by atoms with Crippen molar-refractivity contribution in [1.29, 1.82) is 0 Å². The van der Waals surface area contributed by atoms with E-state index in [-0.39, 0.29) is 17.9 Å². The average Bonchev–Trinajstić information content (AvgIpc) is 3.08. The van der Waals surface area contributed by atoms with E-state index in [2.05, 4.69) is 10.3 Å². The number of nitrogens with one attached hydrogen (secondary N) is 1. The quantitative estimate of drug-likeness (QED) is 0.830. The van der Waals surface area contributed by atoms with Crippen LogP contribution in [0.15, 0.2) is 30.6 Å². The number of aromatic nitrogens is 2. The van der Waals surface area contributed by atoms with Gasteiger partial charge in [0.1, 0.15) is 5.65 Å². The Morgan fingerprint density at radius 3 is 3.00 bits per heavy atom. The first kappa shape index (κ1) is 13.1. The lowest BCUT2D eigenvalue weighted by molar-refractivity contribution is -0.120. The molecule has 1 fully saturated rings. The molecule has 1 aliphatic carbocycles. The van der Waals surface area contributed by atoms with Crippen LogP contribution in [0.25, 0.3) is 5.65 Å². The normalized spacial score (nSPS) is 16.2. The lowest BCUT2D eigenvalue weighted by Gasteiger charge is -2.14. The van der Waals surface area contributed by atoms with Gasteiger partial charge >= 0.3 is 0 Å². The first-order chi connectivity index (χ1) is 9.71. The van der Waals surface area contributed by atoms with E-state index in [1.54, 1.807) is 0 Å². The van der Waals surface area contributed by atoms with E-state index in [4.69, 9.17) is 5.11 Å². The summed E-state index contributed by atoms with van der Waals surface area (Å²) >= 11 is 0. The van der Waals surface area contributed by atoms with Gasteiger partial charge in [-0.1, -0.05) is 6.07 Å². The summed E-state index contributed by atoms with van der Waals surface area (Å²) in [6, 6.07) is 5.78. The van der Waals surface area contributed by atoms with Crippen LogP contribution in [-0.4, -0.2) is 33.6 Å². The van der Waals surface area contributed by atoms with E-state index < -0.39 is 0 Å². The van der Waals surface area contributed by atoms with E-state index in [1.165, 1.54) is 0 Å². The van der Waals surface area contributed by atoms with Gasteiger partial charge < -0.3 is 14.8 Å². The van der Waals surface area contributed by atoms with E-state index in [0.717, 1.165) is 30.6 Å². The standard InChI is InChI=1S/C15H19N3O2/c19-8-6-15(4-5-15)11-16-14(20)9-12-10-18-7-2-1-3-13(18)17-12/h1-3,7,10,19H,4-6,8-9,11H2,(H,16,20). The van der Waals surface area contributed by atoms with Gasteiger partial charge in [0.15, 0.2) is 0 Å². The molecule has 0 atom stereocenters. The van der Waals surface area contributed by atoms with E-state index in [9.17, 15) is 4.79 Å². The number of fused-ring (bicyclic) bond motifs is 1. The molecule has 1 aliphatic rings. The molecule has 2 N–H and O–H groups in total. The first-order valence-corrected chi connectivity index (χ1v) is 7.01. The molecule has 5 heteroatoms. The van der Waals surface area contributed by atoms with Crippen LogP contribution in [0.5, 0.6) is 0 Å². The van der Waals surface area contributed by atoms with Gasteiger partial charge in [-0.15, -0.1) is 0 Å². The monoisotopic (exact) mass is 273 g/mol. The molecule has 20 heavy (non-hydrogen) atoms. The van der Waals surface area contributed by atoms with Crippen molar-refractivity contribution in [1.82, 2.24) is 14.7 Å². The molecule has 1 amide bonds. The fourth-order valence-corrected chi connectivity index (χ4v) is 2.51. The van der Waals surface area contributed by atoms with Gasteiger partial charge in [-0.2, -0.15) is 0 Å². The highest BCUT2D eigenvalue weighted by Gasteiger charge is 2.41. The first-order valence-electron chi connectivity index (χ1n) is 7.01. The molecule has 3 rings (SSSR count). The Morgan fingerprint density at radius 2 is 2.30 bits per heavy atom. The molecule has 2 aromatic rings. The van der Waals surface area contributed by atoms with E-state index >= 15 is 0 Å². The minimum absolute atomic E-state index is 0.00220. The Morgan fingerprint density at radius 1 is 1.45 bits per heavy atom. The van der Waals surface area contributed by atoms with Crippen molar-refractivity contribution in [3.63, 3.8) is 0 Å². The summed E-state index contributed by atoms with van der Waals surface area (Å²) in [7, 11) is 0.